The van der Waals surface area contributed by atoms with E-state index < -0.39 is 18.5 Å². The first kappa shape index (κ1) is 24.4. The number of hydrogen-bond donors (Lipinski definition) is 2. The summed E-state index contributed by atoms with van der Waals surface area (Å²) in [6.07, 6.45) is -1.23. The molecule has 5 nitrogen and oxygen atoms in total. The Morgan fingerprint density at radius 2 is 1.88 bits per heavy atom. The van der Waals surface area contributed by atoms with Crippen LogP contribution in [0.15, 0.2) is 42.5 Å². The molecule has 32 heavy (non-hydrogen) atoms. The minimum atomic E-state index is -2.65. The van der Waals surface area contributed by atoms with Crippen LogP contribution < -0.4 is 11.1 Å². The van der Waals surface area contributed by atoms with Gasteiger partial charge in [0.1, 0.15) is 6.04 Å². The van der Waals surface area contributed by atoms with Crippen LogP contribution in [0.25, 0.3) is 0 Å². The molecular weight excluding hydrogens is 459 g/mol. The minimum Gasteiger partial charge on any atom is -0.350 e. The first-order chi connectivity index (χ1) is 15.2. The maximum Gasteiger partial charge on any atom is 0.253 e. The fourth-order valence-electron chi connectivity index (χ4n) is 3.86. The number of rotatable bonds is 8. The van der Waals surface area contributed by atoms with E-state index in [9.17, 15) is 18.4 Å². The van der Waals surface area contributed by atoms with Crippen LogP contribution in [-0.4, -0.2) is 41.8 Å². The highest BCUT2D eigenvalue weighted by molar-refractivity contribution is 6.30. The summed E-state index contributed by atoms with van der Waals surface area (Å²) < 4.78 is 25.7. The molecule has 2 atom stereocenters. The number of halogens is 4. The van der Waals surface area contributed by atoms with Crippen LogP contribution in [0.5, 0.6) is 0 Å². The highest BCUT2D eigenvalue weighted by Gasteiger charge is 2.33. The number of nitrogens with two attached hydrogens (primary N) is 1. The summed E-state index contributed by atoms with van der Waals surface area (Å²) in [5.41, 5.74) is 7.52. The summed E-state index contributed by atoms with van der Waals surface area (Å²) >= 11 is 12.0. The molecule has 2 aromatic carbocycles. The van der Waals surface area contributed by atoms with Gasteiger partial charge in [-0.2, -0.15) is 0 Å². The predicted molar refractivity (Wildman–Crippen MR) is 121 cm³/mol. The van der Waals surface area contributed by atoms with Crippen molar-refractivity contribution in [1.82, 2.24) is 10.2 Å². The molecule has 0 saturated carbocycles. The van der Waals surface area contributed by atoms with Crippen molar-refractivity contribution in [2.75, 3.05) is 6.54 Å². The van der Waals surface area contributed by atoms with E-state index in [1.165, 1.54) is 0 Å². The van der Waals surface area contributed by atoms with Gasteiger partial charge in [-0.25, -0.2) is 8.78 Å². The van der Waals surface area contributed by atoms with Gasteiger partial charge in [0, 0.05) is 23.1 Å². The van der Waals surface area contributed by atoms with Gasteiger partial charge >= 0.3 is 0 Å². The van der Waals surface area contributed by atoms with Crippen LogP contribution in [0.1, 0.15) is 29.5 Å². The standard InChI is InChI=1S/C23H25Cl2F2N3O2/c24-17-4-1-3-14(9-17)10-21(31)30-8-2-5-20(30)23(32)29-13-16-11-18(25)7-6-15(16)12-19(28)22(26)27/h1,3-4,6-7,9,11,19-20,22H,2,5,8,10,12-13,28H2,(H,29,32). The maximum atomic E-state index is 12.9. The molecule has 2 unspecified atom stereocenters. The van der Waals surface area contributed by atoms with E-state index >= 15 is 0 Å². The molecule has 0 spiro atoms. The molecule has 172 valence electrons. The minimum absolute atomic E-state index is 0.0340. The zero-order valence-corrected chi connectivity index (χ0v) is 18.9. The van der Waals surface area contributed by atoms with Gasteiger partial charge in [-0.1, -0.05) is 41.4 Å². The van der Waals surface area contributed by atoms with Crippen molar-refractivity contribution >= 4 is 35.0 Å². The molecule has 0 radical (unpaired) electrons. The van der Waals surface area contributed by atoms with Crippen LogP contribution in [0.4, 0.5) is 8.78 Å². The second kappa shape index (κ2) is 11.1. The van der Waals surface area contributed by atoms with Crippen LogP contribution in [0.3, 0.4) is 0 Å². The lowest BCUT2D eigenvalue weighted by Gasteiger charge is -2.24. The molecule has 0 aliphatic carbocycles. The average molecular weight is 484 g/mol. The molecule has 1 fully saturated rings. The van der Waals surface area contributed by atoms with Crippen molar-refractivity contribution in [2.45, 2.75) is 50.7 Å². The third-order valence-electron chi connectivity index (χ3n) is 5.52. The number of carbonyl (C=O) groups is 2. The molecule has 2 aromatic rings. The molecule has 3 rings (SSSR count). The van der Waals surface area contributed by atoms with Gasteiger partial charge in [0.15, 0.2) is 0 Å². The topological polar surface area (TPSA) is 75.4 Å². The van der Waals surface area contributed by atoms with Crippen LogP contribution in [0, 0.1) is 0 Å². The normalized spacial score (nSPS) is 16.9. The average Bonchev–Trinajstić information content (AvgIpc) is 3.23. The van der Waals surface area contributed by atoms with Crippen molar-refractivity contribution in [3.05, 3.63) is 69.2 Å². The predicted octanol–water partition coefficient (Wildman–Crippen LogP) is 3.98. The number of alkyl halides is 2. The molecular formula is C23H25Cl2F2N3O2. The quantitative estimate of drug-likeness (QED) is 0.596. The van der Waals surface area contributed by atoms with Gasteiger partial charge in [0.2, 0.25) is 11.8 Å². The van der Waals surface area contributed by atoms with Gasteiger partial charge < -0.3 is 16.0 Å². The summed E-state index contributed by atoms with van der Waals surface area (Å²) in [6, 6.07) is 10.1. The molecule has 1 aliphatic heterocycles. The van der Waals surface area contributed by atoms with E-state index in [2.05, 4.69) is 5.32 Å². The van der Waals surface area contributed by atoms with Gasteiger partial charge in [-0.15, -0.1) is 0 Å². The van der Waals surface area contributed by atoms with E-state index in [1.807, 2.05) is 6.07 Å². The number of nitrogens with zero attached hydrogens (tertiary/aromatic N) is 1. The van der Waals surface area contributed by atoms with Gasteiger partial charge in [-0.05, 0) is 60.2 Å². The van der Waals surface area contributed by atoms with Gasteiger partial charge in [-0.3, -0.25) is 9.59 Å². The lowest BCUT2D eigenvalue weighted by molar-refractivity contribution is -0.138. The van der Waals surface area contributed by atoms with Gasteiger partial charge in [0.25, 0.3) is 6.43 Å². The molecule has 1 heterocycles. The Labute approximate surface area is 195 Å². The lowest BCUT2D eigenvalue weighted by atomic mass is 10.0. The summed E-state index contributed by atoms with van der Waals surface area (Å²) in [7, 11) is 0. The fourth-order valence-corrected chi connectivity index (χ4v) is 4.27. The van der Waals surface area contributed by atoms with Gasteiger partial charge in [0.05, 0.1) is 12.5 Å². The summed E-state index contributed by atoms with van der Waals surface area (Å²) in [5, 5.41) is 3.81. The number of amides is 2. The molecule has 1 aliphatic rings. The Bertz CT molecular complexity index is 974. The third-order valence-corrected chi connectivity index (χ3v) is 5.99. The molecule has 3 N–H and O–H groups in total. The molecule has 2 amide bonds. The zero-order valence-electron chi connectivity index (χ0n) is 17.4. The smallest absolute Gasteiger partial charge is 0.253 e. The molecule has 0 bridgehead atoms. The van der Waals surface area contributed by atoms with E-state index in [0.717, 1.165) is 12.0 Å². The first-order valence-corrected chi connectivity index (χ1v) is 11.1. The summed E-state index contributed by atoms with van der Waals surface area (Å²) in [5.74, 6) is -0.428. The summed E-state index contributed by atoms with van der Waals surface area (Å²) in [6.45, 7) is 0.612. The van der Waals surface area contributed by atoms with Crippen LogP contribution in [-0.2, 0) is 29.0 Å². The lowest BCUT2D eigenvalue weighted by Crippen LogP contribution is -2.46. The Hall–Kier alpha value is -2.22. The zero-order chi connectivity index (χ0) is 23.3. The highest BCUT2D eigenvalue weighted by Crippen LogP contribution is 2.22. The number of likely N-dealkylation sites (tertiary alicyclic amines) is 1. The fraction of sp³-hybridized carbons (Fsp3) is 0.391. The monoisotopic (exact) mass is 483 g/mol. The summed E-state index contributed by atoms with van der Waals surface area (Å²) in [4.78, 5) is 27.2. The Kier molecular flexibility index (Phi) is 8.45. The number of carbonyl (C=O) groups excluding carboxylic acids is 2. The van der Waals surface area contributed by atoms with E-state index in [1.54, 1.807) is 41.3 Å². The molecule has 9 heteroatoms. The molecule has 0 aromatic heterocycles. The first-order valence-electron chi connectivity index (χ1n) is 10.4. The Morgan fingerprint density at radius 1 is 1.12 bits per heavy atom. The van der Waals surface area contributed by atoms with Crippen molar-refractivity contribution in [3.8, 4) is 0 Å². The second-order valence-electron chi connectivity index (χ2n) is 7.89. The van der Waals surface area contributed by atoms with E-state index in [4.69, 9.17) is 28.9 Å². The molecule has 1 saturated heterocycles. The van der Waals surface area contributed by atoms with Crippen molar-refractivity contribution in [3.63, 3.8) is 0 Å². The number of hydrogen-bond acceptors (Lipinski definition) is 3. The number of nitrogens with one attached hydrogen (secondary N) is 1. The third kappa shape index (κ3) is 6.40. The Balaban J connectivity index is 1.64. The van der Waals surface area contributed by atoms with Crippen LogP contribution in [0.2, 0.25) is 10.0 Å². The highest BCUT2D eigenvalue weighted by atomic mass is 35.5. The maximum absolute atomic E-state index is 12.9. The largest absolute Gasteiger partial charge is 0.350 e. The van der Waals surface area contributed by atoms with Crippen molar-refractivity contribution in [1.29, 1.82) is 0 Å². The Morgan fingerprint density at radius 3 is 2.59 bits per heavy atom. The van der Waals surface area contributed by atoms with E-state index in [0.29, 0.717) is 34.1 Å². The SMILES string of the molecule is NC(Cc1ccc(Cl)cc1CNC(=O)C1CCCN1C(=O)Cc1cccc(Cl)c1)C(F)F. The van der Waals surface area contributed by atoms with Crippen LogP contribution >= 0.6 is 23.2 Å². The second-order valence-corrected chi connectivity index (χ2v) is 8.76. The van der Waals surface area contributed by atoms with E-state index in [-0.39, 0.29) is 31.2 Å². The number of benzene rings is 2. The van der Waals surface area contributed by atoms with Crippen molar-refractivity contribution in [2.24, 2.45) is 5.73 Å². The van der Waals surface area contributed by atoms with Crippen molar-refractivity contribution < 1.29 is 18.4 Å².